The highest BCUT2D eigenvalue weighted by Crippen LogP contribution is 2.31. The van der Waals surface area contributed by atoms with Gasteiger partial charge in [-0.05, 0) is 66.0 Å². The van der Waals surface area contributed by atoms with Crippen molar-refractivity contribution >= 4 is 21.6 Å². The molecule has 0 amide bonds. The van der Waals surface area contributed by atoms with Crippen molar-refractivity contribution in [1.82, 2.24) is 4.90 Å². The van der Waals surface area contributed by atoms with E-state index in [9.17, 15) is 0 Å². The number of ether oxygens (including phenoxy) is 3. The predicted molar refractivity (Wildman–Crippen MR) is 122 cm³/mol. The van der Waals surface area contributed by atoms with Gasteiger partial charge in [0.25, 0.3) is 0 Å². The van der Waals surface area contributed by atoms with Gasteiger partial charge in [0, 0.05) is 44.5 Å². The van der Waals surface area contributed by atoms with E-state index in [1.165, 1.54) is 11.3 Å². The molecule has 1 fully saturated rings. The van der Waals surface area contributed by atoms with E-state index in [0.29, 0.717) is 13.2 Å². The highest BCUT2D eigenvalue weighted by molar-refractivity contribution is 9.10. The average Bonchev–Trinajstić information content (AvgIpc) is 2.75. The van der Waals surface area contributed by atoms with Gasteiger partial charge in [-0.1, -0.05) is 6.07 Å². The molecule has 0 bridgehead atoms. The Hall–Kier alpha value is -1.92. The average molecular weight is 463 g/mol. The molecule has 0 spiro atoms. The zero-order valence-electron chi connectivity index (χ0n) is 17.6. The number of rotatable bonds is 9. The normalized spacial score (nSPS) is 14.7. The number of piperazine rings is 1. The van der Waals surface area contributed by atoms with Crippen LogP contribution in [0.4, 0.5) is 5.69 Å². The third-order valence-electron chi connectivity index (χ3n) is 5.20. The fourth-order valence-corrected chi connectivity index (χ4v) is 4.02. The topological polar surface area (TPSA) is 34.2 Å². The van der Waals surface area contributed by atoms with Gasteiger partial charge >= 0.3 is 0 Å². The maximum atomic E-state index is 5.75. The standard InChI is InChI=1S/C23H31BrN2O3/c1-4-28-21-9-6-18(16-23(21)29-5-2)10-11-25-12-14-26(15-13-25)19-7-8-20(24)22(17-19)27-3/h6-9,16-17H,4-5,10-15H2,1-3H3. The molecule has 0 saturated carbocycles. The maximum absolute atomic E-state index is 5.75. The second kappa shape index (κ2) is 10.7. The van der Waals surface area contributed by atoms with Crippen LogP contribution in [0.1, 0.15) is 19.4 Å². The van der Waals surface area contributed by atoms with Gasteiger partial charge in [0.1, 0.15) is 5.75 Å². The van der Waals surface area contributed by atoms with Crippen LogP contribution in [-0.2, 0) is 6.42 Å². The molecule has 1 aliphatic heterocycles. The van der Waals surface area contributed by atoms with E-state index in [1.807, 2.05) is 19.9 Å². The van der Waals surface area contributed by atoms with Crippen LogP contribution in [0.15, 0.2) is 40.9 Å². The lowest BCUT2D eigenvalue weighted by molar-refractivity contribution is 0.260. The van der Waals surface area contributed by atoms with Gasteiger partial charge in [0.15, 0.2) is 11.5 Å². The first-order valence-electron chi connectivity index (χ1n) is 10.3. The predicted octanol–water partition coefficient (Wildman–Crippen LogP) is 4.62. The zero-order valence-corrected chi connectivity index (χ0v) is 19.2. The van der Waals surface area contributed by atoms with Crippen molar-refractivity contribution in [1.29, 1.82) is 0 Å². The van der Waals surface area contributed by atoms with Crippen LogP contribution < -0.4 is 19.1 Å². The fourth-order valence-electron chi connectivity index (χ4n) is 3.61. The molecule has 0 unspecified atom stereocenters. The number of hydrogen-bond acceptors (Lipinski definition) is 5. The highest BCUT2D eigenvalue weighted by atomic mass is 79.9. The third kappa shape index (κ3) is 5.80. The van der Waals surface area contributed by atoms with Gasteiger partial charge in [0.05, 0.1) is 24.8 Å². The fraction of sp³-hybridized carbons (Fsp3) is 0.478. The van der Waals surface area contributed by atoms with Gasteiger partial charge in [-0.25, -0.2) is 0 Å². The molecular formula is C23H31BrN2O3. The number of anilines is 1. The Bertz CT molecular complexity index is 792. The molecule has 1 heterocycles. The van der Waals surface area contributed by atoms with Crippen molar-refractivity contribution in [2.45, 2.75) is 20.3 Å². The van der Waals surface area contributed by atoms with Crippen LogP contribution in [0.2, 0.25) is 0 Å². The third-order valence-corrected chi connectivity index (χ3v) is 5.85. The number of methoxy groups -OCH3 is 1. The van der Waals surface area contributed by atoms with Gasteiger partial charge in [0.2, 0.25) is 0 Å². The lowest BCUT2D eigenvalue weighted by atomic mass is 10.1. The first-order valence-corrected chi connectivity index (χ1v) is 11.1. The summed E-state index contributed by atoms with van der Waals surface area (Å²) < 4.78 is 17.8. The van der Waals surface area contributed by atoms with Crippen LogP contribution in [0, 0.1) is 0 Å². The Kier molecular flexibility index (Phi) is 8.07. The summed E-state index contributed by atoms with van der Waals surface area (Å²) in [5, 5.41) is 0. The van der Waals surface area contributed by atoms with Crippen LogP contribution in [0.3, 0.4) is 0 Å². The second-order valence-corrected chi connectivity index (χ2v) is 7.90. The van der Waals surface area contributed by atoms with Crippen molar-refractivity contribution in [3.05, 3.63) is 46.4 Å². The number of halogens is 1. The summed E-state index contributed by atoms with van der Waals surface area (Å²) in [5.41, 5.74) is 2.51. The highest BCUT2D eigenvalue weighted by Gasteiger charge is 2.18. The minimum atomic E-state index is 0.645. The Labute approximate surface area is 182 Å². The monoisotopic (exact) mass is 462 g/mol. The van der Waals surface area contributed by atoms with E-state index in [2.05, 4.69) is 56.1 Å². The number of hydrogen-bond donors (Lipinski definition) is 0. The Morgan fingerprint density at radius 1 is 0.862 bits per heavy atom. The summed E-state index contributed by atoms with van der Waals surface area (Å²) in [6, 6.07) is 12.6. The van der Waals surface area contributed by atoms with Crippen LogP contribution in [0.5, 0.6) is 17.2 Å². The molecule has 6 heteroatoms. The first kappa shape index (κ1) is 21.8. The molecule has 1 saturated heterocycles. The quantitative estimate of drug-likeness (QED) is 0.542. The summed E-state index contributed by atoms with van der Waals surface area (Å²) in [6.45, 7) is 10.5. The van der Waals surface area contributed by atoms with Crippen molar-refractivity contribution < 1.29 is 14.2 Å². The second-order valence-electron chi connectivity index (χ2n) is 7.04. The van der Waals surface area contributed by atoms with E-state index in [4.69, 9.17) is 14.2 Å². The van der Waals surface area contributed by atoms with Crippen molar-refractivity contribution in [3.8, 4) is 17.2 Å². The molecular weight excluding hydrogens is 432 g/mol. The van der Waals surface area contributed by atoms with Crippen molar-refractivity contribution in [3.63, 3.8) is 0 Å². The Balaban J connectivity index is 1.53. The summed E-state index contributed by atoms with van der Waals surface area (Å²) in [7, 11) is 1.71. The molecule has 5 nitrogen and oxygen atoms in total. The Morgan fingerprint density at radius 2 is 1.59 bits per heavy atom. The lowest BCUT2D eigenvalue weighted by Gasteiger charge is -2.36. The minimum Gasteiger partial charge on any atom is -0.495 e. The zero-order chi connectivity index (χ0) is 20.6. The molecule has 0 radical (unpaired) electrons. The SMILES string of the molecule is CCOc1ccc(CCN2CCN(c3ccc(Br)c(OC)c3)CC2)cc1OCC. The summed E-state index contributed by atoms with van der Waals surface area (Å²) in [5.74, 6) is 2.56. The van der Waals surface area contributed by atoms with Gasteiger partial charge < -0.3 is 19.1 Å². The molecule has 2 aromatic carbocycles. The van der Waals surface area contributed by atoms with Crippen molar-refractivity contribution in [2.24, 2.45) is 0 Å². The summed E-state index contributed by atoms with van der Waals surface area (Å²) >= 11 is 3.53. The van der Waals surface area contributed by atoms with Gasteiger partial charge in [-0.15, -0.1) is 0 Å². The van der Waals surface area contributed by atoms with Crippen LogP contribution in [-0.4, -0.2) is 57.9 Å². The van der Waals surface area contributed by atoms with E-state index < -0.39 is 0 Å². The molecule has 0 atom stereocenters. The smallest absolute Gasteiger partial charge is 0.161 e. The summed E-state index contributed by atoms with van der Waals surface area (Å²) in [6.07, 6.45) is 1.01. The van der Waals surface area contributed by atoms with Crippen molar-refractivity contribution in [2.75, 3.05) is 57.9 Å². The largest absolute Gasteiger partial charge is 0.495 e. The molecule has 29 heavy (non-hydrogen) atoms. The molecule has 3 rings (SSSR count). The maximum Gasteiger partial charge on any atom is 0.161 e. The van der Waals surface area contributed by atoms with E-state index in [0.717, 1.165) is 60.9 Å². The molecule has 0 N–H and O–H groups in total. The lowest BCUT2D eigenvalue weighted by Crippen LogP contribution is -2.47. The van der Waals surface area contributed by atoms with E-state index in [-0.39, 0.29) is 0 Å². The van der Waals surface area contributed by atoms with Gasteiger partial charge in [-0.2, -0.15) is 0 Å². The van der Waals surface area contributed by atoms with E-state index >= 15 is 0 Å². The molecule has 158 valence electrons. The Morgan fingerprint density at radius 3 is 2.28 bits per heavy atom. The van der Waals surface area contributed by atoms with E-state index in [1.54, 1.807) is 7.11 Å². The summed E-state index contributed by atoms with van der Waals surface area (Å²) in [4.78, 5) is 4.96. The molecule has 1 aliphatic rings. The molecule has 0 aromatic heterocycles. The molecule has 0 aliphatic carbocycles. The number of benzene rings is 2. The molecule has 2 aromatic rings. The number of nitrogens with zero attached hydrogens (tertiary/aromatic N) is 2. The van der Waals surface area contributed by atoms with Crippen LogP contribution >= 0.6 is 15.9 Å². The first-order chi connectivity index (χ1) is 14.1. The van der Waals surface area contributed by atoms with Crippen LogP contribution in [0.25, 0.3) is 0 Å². The minimum absolute atomic E-state index is 0.645. The van der Waals surface area contributed by atoms with Gasteiger partial charge in [-0.3, -0.25) is 4.90 Å².